The van der Waals surface area contributed by atoms with Crippen LogP contribution in [0.3, 0.4) is 0 Å². The number of aromatic hydroxyl groups is 1. The molecule has 6 heteroatoms. The van der Waals surface area contributed by atoms with Crippen molar-refractivity contribution >= 4 is 11.9 Å². The fourth-order valence-corrected chi connectivity index (χ4v) is 2.08. The molecule has 0 spiro atoms. The summed E-state index contributed by atoms with van der Waals surface area (Å²) in [7, 11) is 0. The highest BCUT2D eigenvalue weighted by molar-refractivity contribution is 5.99. The van der Waals surface area contributed by atoms with Gasteiger partial charge >= 0.3 is 5.97 Å². The van der Waals surface area contributed by atoms with Crippen LogP contribution in [0.5, 0.6) is 5.75 Å². The summed E-state index contributed by atoms with van der Waals surface area (Å²) in [5.41, 5.74) is 0.0397. The van der Waals surface area contributed by atoms with E-state index in [0.29, 0.717) is 0 Å². The van der Waals surface area contributed by atoms with E-state index >= 15 is 0 Å². The molecule has 2 rings (SSSR count). The summed E-state index contributed by atoms with van der Waals surface area (Å²) in [6.45, 7) is -0.0376. The van der Waals surface area contributed by atoms with Crippen LogP contribution in [0.15, 0.2) is 24.3 Å². The lowest BCUT2D eigenvalue weighted by molar-refractivity contribution is -0.141. The molecule has 0 bridgehead atoms. The molecule has 0 aromatic heterocycles. The van der Waals surface area contributed by atoms with Crippen molar-refractivity contribution in [3.8, 4) is 5.75 Å². The third-order valence-electron chi connectivity index (χ3n) is 2.96. The van der Waals surface area contributed by atoms with E-state index in [1.54, 1.807) is 12.1 Å². The first-order chi connectivity index (χ1) is 8.50. The van der Waals surface area contributed by atoms with Crippen LogP contribution >= 0.6 is 0 Å². The SMILES string of the molecule is O=C(O)[C@H]1C[C@@H](O)CN1C(=O)c1ccccc1O. The van der Waals surface area contributed by atoms with E-state index in [-0.39, 0.29) is 24.3 Å². The maximum absolute atomic E-state index is 12.1. The van der Waals surface area contributed by atoms with Crippen LogP contribution in [0.4, 0.5) is 0 Å². The zero-order chi connectivity index (χ0) is 13.3. The number of carboxylic acids is 1. The minimum absolute atomic E-state index is 0.00860. The van der Waals surface area contributed by atoms with Crippen molar-refractivity contribution in [1.82, 2.24) is 4.90 Å². The lowest BCUT2D eigenvalue weighted by Gasteiger charge is -2.21. The van der Waals surface area contributed by atoms with Gasteiger partial charge in [-0.3, -0.25) is 4.79 Å². The van der Waals surface area contributed by atoms with E-state index in [1.807, 2.05) is 0 Å². The Morgan fingerprint density at radius 1 is 1.28 bits per heavy atom. The van der Waals surface area contributed by atoms with Gasteiger partial charge in [0.25, 0.3) is 5.91 Å². The molecule has 1 fully saturated rings. The Morgan fingerprint density at radius 3 is 2.56 bits per heavy atom. The van der Waals surface area contributed by atoms with Crippen molar-refractivity contribution in [3.63, 3.8) is 0 Å². The highest BCUT2D eigenvalue weighted by atomic mass is 16.4. The fraction of sp³-hybridized carbons (Fsp3) is 0.333. The number of carboxylic acid groups (broad SMARTS) is 1. The number of rotatable bonds is 2. The third kappa shape index (κ3) is 2.14. The van der Waals surface area contributed by atoms with E-state index in [0.717, 1.165) is 4.90 Å². The average Bonchev–Trinajstić information content (AvgIpc) is 2.71. The number of para-hydroxylation sites is 1. The van der Waals surface area contributed by atoms with Gasteiger partial charge in [0.1, 0.15) is 11.8 Å². The maximum atomic E-state index is 12.1. The predicted molar refractivity (Wildman–Crippen MR) is 61.2 cm³/mol. The van der Waals surface area contributed by atoms with E-state index in [4.69, 9.17) is 5.11 Å². The van der Waals surface area contributed by atoms with Crippen LogP contribution < -0.4 is 0 Å². The van der Waals surface area contributed by atoms with Crippen LogP contribution in [0.2, 0.25) is 0 Å². The summed E-state index contributed by atoms with van der Waals surface area (Å²) in [5, 5.41) is 28.0. The quantitative estimate of drug-likeness (QED) is 0.690. The van der Waals surface area contributed by atoms with Crippen LogP contribution in [0, 0.1) is 0 Å². The number of amides is 1. The third-order valence-corrected chi connectivity index (χ3v) is 2.96. The van der Waals surface area contributed by atoms with Gasteiger partial charge in [0, 0.05) is 13.0 Å². The lowest BCUT2D eigenvalue weighted by atomic mass is 10.1. The molecule has 96 valence electrons. The molecule has 0 unspecified atom stereocenters. The molecule has 2 atom stereocenters. The summed E-state index contributed by atoms with van der Waals surface area (Å²) < 4.78 is 0. The van der Waals surface area contributed by atoms with Gasteiger partial charge in [0.2, 0.25) is 0 Å². The van der Waals surface area contributed by atoms with Crippen molar-refractivity contribution in [1.29, 1.82) is 0 Å². The molecule has 1 amide bonds. The smallest absolute Gasteiger partial charge is 0.326 e. The number of hydrogen-bond donors (Lipinski definition) is 3. The van der Waals surface area contributed by atoms with Crippen molar-refractivity contribution in [3.05, 3.63) is 29.8 Å². The molecule has 0 radical (unpaired) electrons. The maximum Gasteiger partial charge on any atom is 0.326 e. The molecule has 1 aliphatic rings. The Morgan fingerprint density at radius 2 is 1.94 bits per heavy atom. The fourth-order valence-electron chi connectivity index (χ4n) is 2.08. The average molecular weight is 251 g/mol. The normalized spacial score (nSPS) is 23.1. The van der Waals surface area contributed by atoms with Gasteiger partial charge < -0.3 is 20.2 Å². The number of phenolic OH excluding ortho intramolecular Hbond substituents is 1. The number of aliphatic carboxylic acids is 1. The zero-order valence-electron chi connectivity index (χ0n) is 9.48. The van der Waals surface area contributed by atoms with Crippen LogP contribution in [-0.4, -0.2) is 50.8 Å². The number of hydrogen-bond acceptors (Lipinski definition) is 4. The molecule has 0 saturated carbocycles. The standard InChI is InChI=1S/C12H13NO5/c14-7-5-9(12(17)18)13(6-7)11(16)8-3-1-2-4-10(8)15/h1-4,7,9,14-15H,5-6H2,(H,17,18)/t7-,9-/m1/s1. The minimum atomic E-state index is -1.16. The number of likely N-dealkylation sites (tertiary alicyclic amines) is 1. The number of carbonyl (C=O) groups is 2. The first-order valence-electron chi connectivity index (χ1n) is 5.50. The molecule has 1 heterocycles. The molecule has 6 nitrogen and oxygen atoms in total. The van der Waals surface area contributed by atoms with Gasteiger partial charge in [-0.1, -0.05) is 12.1 Å². The monoisotopic (exact) mass is 251 g/mol. The molecule has 18 heavy (non-hydrogen) atoms. The largest absolute Gasteiger partial charge is 0.507 e. The summed E-state index contributed by atoms with van der Waals surface area (Å²) in [6.07, 6.45) is -0.838. The Bertz CT molecular complexity index is 487. The van der Waals surface area contributed by atoms with E-state index < -0.39 is 24.0 Å². The van der Waals surface area contributed by atoms with Crippen molar-refractivity contribution in [2.24, 2.45) is 0 Å². The molecule has 1 aromatic rings. The Hall–Kier alpha value is -2.08. The van der Waals surface area contributed by atoms with Gasteiger partial charge in [-0.2, -0.15) is 0 Å². The molecular weight excluding hydrogens is 238 g/mol. The van der Waals surface area contributed by atoms with E-state index in [2.05, 4.69) is 0 Å². The van der Waals surface area contributed by atoms with E-state index in [9.17, 15) is 19.8 Å². The van der Waals surface area contributed by atoms with Gasteiger partial charge in [-0.25, -0.2) is 4.79 Å². The first-order valence-corrected chi connectivity index (χ1v) is 5.50. The molecule has 1 saturated heterocycles. The van der Waals surface area contributed by atoms with Gasteiger partial charge in [0.15, 0.2) is 0 Å². The Balaban J connectivity index is 2.28. The summed E-state index contributed by atoms with van der Waals surface area (Å²) in [6, 6.07) is 4.87. The second-order valence-electron chi connectivity index (χ2n) is 4.22. The second-order valence-corrected chi connectivity index (χ2v) is 4.22. The number of aliphatic hydroxyl groups is 1. The van der Waals surface area contributed by atoms with Gasteiger partial charge in [-0.05, 0) is 12.1 Å². The van der Waals surface area contributed by atoms with Gasteiger partial charge in [-0.15, -0.1) is 0 Å². The molecule has 0 aliphatic carbocycles. The zero-order valence-corrected chi connectivity index (χ0v) is 9.48. The minimum Gasteiger partial charge on any atom is -0.507 e. The van der Waals surface area contributed by atoms with Crippen LogP contribution in [-0.2, 0) is 4.79 Å². The lowest BCUT2D eigenvalue weighted by Crippen LogP contribution is -2.40. The molecule has 1 aromatic carbocycles. The summed E-state index contributed by atoms with van der Waals surface area (Å²) in [5.74, 6) is -1.94. The summed E-state index contributed by atoms with van der Waals surface area (Å²) >= 11 is 0. The number of benzene rings is 1. The number of phenols is 1. The Labute approximate surface area is 103 Å². The highest BCUT2D eigenvalue weighted by Gasteiger charge is 2.39. The summed E-state index contributed by atoms with van der Waals surface area (Å²) in [4.78, 5) is 24.2. The number of nitrogens with zero attached hydrogens (tertiary/aromatic N) is 1. The molecule has 1 aliphatic heterocycles. The van der Waals surface area contributed by atoms with Crippen LogP contribution in [0.1, 0.15) is 16.8 Å². The van der Waals surface area contributed by atoms with Gasteiger partial charge in [0.05, 0.1) is 11.7 Å². The van der Waals surface area contributed by atoms with Crippen molar-refractivity contribution < 1.29 is 24.9 Å². The molecular formula is C12H13NO5. The Kier molecular flexibility index (Phi) is 3.20. The second kappa shape index (κ2) is 4.66. The van der Waals surface area contributed by atoms with Crippen molar-refractivity contribution in [2.75, 3.05) is 6.54 Å². The predicted octanol–water partition coefficient (Wildman–Crippen LogP) is 0.0522. The number of carbonyl (C=O) groups excluding carboxylic acids is 1. The molecule has 3 N–H and O–H groups in total. The topological polar surface area (TPSA) is 98.1 Å². The van der Waals surface area contributed by atoms with Crippen molar-refractivity contribution in [2.45, 2.75) is 18.6 Å². The number of β-amino-alcohol motifs (C(OH)–C–C–N with tert-alkyl or cyclic N) is 1. The first kappa shape index (κ1) is 12.4. The number of aliphatic hydroxyl groups excluding tert-OH is 1. The van der Waals surface area contributed by atoms with Crippen LogP contribution in [0.25, 0.3) is 0 Å². The van der Waals surface area contributed by atoms with E-state index in [1.165, 1.54) is 12.1 Å². The highest BCUT2D eigenvalue weighted by Crippen LogP contribution is 2.24.